The largest absolute Gasteiger partial charge is 0.481 e. The van der Waals surface area contributed by atoms with Crippen molar-refractivity contribution >= 4 is 0 Å². The Morgan fingerprint density at radius 3 is 2.25 bits per heavy atom. The summed E-state index contributed by atoms with van der Waals surface area (Å²) in [6.45, 7) is 5.66. The molecule has 0 aliphatic carbocycles. The molecule has 0 atom stereocenters. The van der Waals surface area contributed by atoms with E-state index in [0.29, 0.717) is 22.8 Å². The molecular formula is C20H19F3O. The molecule has 0 unspecified atom stereocenters. The number of ether oxygens (including phenoxy) is 1. The average Bonchev–Trinajstić information content (AvgIpc) is 2.52. The van der Waals surface area contributed by atoms with E-state index in [4.69, 9.17) is 11.2 Å². The number of terminal acetylenes is 1. The Labute approximate surface area is 140 Å². The summed E-state index contributed by atoms with van der Waals surface area (Å²) in [5, 5.41) is 0. The van der Waals surface area contributed by atoms with Gasteiger partial charge in [0.2, 0.25) is 0 Å². The maximum Gasteiger partial charge on any atom is 0.417 e. The smallest absolute Gasteiger partial charge is 0.417 e. The van der Waals surface area contributed by atoms with Gasteiger partial charge in [-0.05, 0) is 47.2 Å². The molecule has 0 saturated heterocycles. The first kappa shape index (κ1) is 17.9. The van der Waals surface area contributed by atoms with Crippen molar-refractivity contribution in [3.05, 3.63) is 53.1 Å². The minimum absolute atomic E-state index is 0.0118. The zero-order chi connectivity index (χ0) is 17.9. The van der Waals surface area contributed by atoms with Gasteiger partial charge in [0.05, 0.1) is 5.56 Å². The van der Waals surface area contributed by atoms with Crippen LogP contribution in [0.3, 0.4) is 0 Å². The zero-order valence-electron chi connectivity index (χ0n) is 13.9. The van der Waals surface area contributed by atoms with Crippen molar-refractivity contribution in [2.75, 3.05) is 6.61 Å². The molecule has 0 bridgehead atoms. The second-order valence-corrected chi connectivity index (χ2v) is 5.93. The topological polar surface area (TPSA) is 9.23 Å². The predicted octanol–water partition coefficient (Wildman–Crippen LogP) is 5.82. The molecule has 2 aromatic carbocycles. The molecule has 24 heavy (non-hydrogen) atoms. The fraction of sp³-hybridized carbons (Fsp3) is 0.300. The number of halogens is 3. The summed E-state index contributed by atoms with van der Waals surface area (Å²) in [7, 11) is 0. The third kappa shape index (κ3) is 3.91. The Kier molecular flexibility index (Phi) is 5.23. The van der Waals surface area contributed by atoms with Gasteiger partial charge in [-0.15, -0.1) is 6.42 Å². The third-order valence-electron chi connectivity index (χ3n) is 3.82. The SMILES string of the molecule is C#CCOc1cc(-c2ccc(C(C)C)cc2)c(C(F)(F)F)cc1C. The fourth-order valence-electron chi connectivity index (χ4n) is 2.48. The lowest BCUT2D eigenvalue weighted by Crippen LogP contribution is -2.09. The van der Waals surface area contributed by atoms with E-state index in [1.807, 2.05) is 26.0 Å². The van der Waals surface area contributed by atoms with Crippen molar-refractivity contribution in [2.45, 2.75) is 32.9 Å². The summed E-state index contributed by atoms with van der Waals surface area (Å²) in [4.78, 5) is 0. The van der Waals surface area contributed by atoms with E-state index in [1.54, 1.807) is 19.1 Å². The summed E-state index contributed by atoms with van der Waals surface area (Å²) >= 11 is 0. The van der Waals surface area contributed by atoms with Crippen LogP contribution in [0.1, 0.15) is 36.5 Å². The lowest BCUT2D eigenvalue weighted by Gasteiger charge is -2.17. The van der Waals surface area contributed by atoms with Crippen molar-refractivity contribution in [2.24, 2.45) is 0 Å². The number of hydrogen-bond acceptors (Lipinski definition) is 1. The molecular weight excluding hydrogens is 313 g/mol. The van der Waals surface area contributed by atoms with Gasteiger partial charge in [0.1, 0.15) is 12.4 Å². The molecule has 2 aromatic rings. The Morgan fingerprint density at radius 1 is 1.12 bits per heavy atom. The summed E-state index contributed by atoms with van der Waals surface area (Å²) < 4.78 is 45.7. The first-order chi connectivity index (χ1) is 11.2. The molecule has 0 aliphatic rings. The molecule has 0 N–H and O–H groups in total. The average molecular weight is 332 g/mol. The second-order valence-electron chi connectivity index (χ2n) is 5.93. The quantitative estimate of drug-likeness (QED) is 0.641. The van der Waals surface area contributed by atoms with Gasteiger partial charge >= 0.3 is 6.18 Å². The van der Waals surface area contributed by atoms with Crippen LogP contribution in [0.2, 0.25) is 0 Å². The molecule has 126 valence electrons. The lowest BCUT2D eigenvalue weighted by molar-refractivity contribution is -0.137. The zero-order valence-corrected chi connectivity index (χ0v) is 13.9. The monoisotopic (exact) mass is 332 g/mol. The van der Waals surface area contributed by atoms with Crippen LogP contribution in [0.15, 0.2) is 36.4 Å². The van der Waals surface area contributed by atoms with E-state index in [-0.39, 0.29) is 12.2 Å². The van der Waals surface area contributed by atoms with Crippen LogP contribution >= 0.6 is 0 Å². The summed E-state index contributed by atoms with van der Waals surface area (Å²) in [6.07, 6.45) is 0.722. The number of alkyl halides is 3. The highest BCUT2D eigenvalue weighted by molar-refractivity contribution is 5.71. The van der Waals surface area contributed by atoms with Crippen LogP contribution in [0.4, 0.5) is 13.2 Å². The number of benzene rings is 2. The van der Waals surface area contributed by atoms with Gasteiger partial charge < -0.3 is 4.74 Å². The molecule has 4 heteroatoms. The first-order valence-corrected chi connectivity index (χ1v) is 7.62. The standard InChI is InChI=1S/C20H19F3O/c1-5-10-24-19-12-17(18(11-14(19)4)20(21,22)23)16-8-6-15(7-9-16)13(2)3/h1,6-9,11-13H,10H2,2-4H3. The van der Waals surface area contributed by atoms with Crippen LogP contribution in [-0.4, -0.2) is 6.61 Å². The van der Waals surface area contributed by atoms with Crippen LogP contribution < -0.4 is 4.74 Å². The number of hydrogen-bond donors (Lipinski definition) is 0. The Morgan fingerprint density at radius 2 is 1.75 bits per heavy atom. The molecule has 0 aliphatic heterocycles. The highest BCUT2D eigenvalue weighted by Crippen LogP contribution is 2.40. The predicted molar refractivity (Wildman–Crippen MR) is 90.0 cm³/mol. The summed E-state index contributed by atoms with van der Waals surface area (Å²) in [5.41, 5.74) is 1.39. The van der Waals surface area contributed by atoms with E-state index in [0.717, 1.165) is 11.6 Å². The van der Waals surface area contributed by atoms with Crippen molar-refractivity contribution in [1.82, 2.24) is 0 Å². The number of rotatable bonds is 4. The lowest BCUT2D eigenvalue weighted by atomic mass is 9.94. The van der Waals surface area contributed by atoms with Gasteiger partial charge in [-0.1, -0.05) is 44.0 Å². The van der Waals surface area contributed by atoms with Gasteiger partial charge in [0.25, 0.3) is 0 Å². The fourth-order valence-corrected chi connectivity index (χ4v) is 2.48. The normalized spacial score (nSPS) is 11.4. The van der Waals surface area contributed by atoms with Crippen molar-refractivity contribution < 1.29 is 17.9 Å². The van der Waals surface area contributed by atoms with Crippen molar-refractivity contribution in [3.63, 3.8) is 0 Å². The Bertz CT molecular complexity index is 750. The van der Waals surface area contributed by atoms with E-state index in [9.17, 15) is 13.2 Å². The van der Waals surface area contributed by atoms with Gasteiger partial charge in [-0.25, -0.2) is 0 Å². The molecule has 2 rings (SSSR count). The summed E-state index contributed by atoms with van der Waals surface area (Å²) in [6, 6.07) is 9.64. The Balaban J connectivity index is 2.58. The van der Waals surface area contributed by atoms with Gasteiger partial charge in [0.15, 0.2) is 0 Å². The van der Waals surface area contributed by atoms with Crippen LogP contribution in [0.5, 0.6) is 5.75 Å². The van der Waals surface area contributed by atoms with Crippen molar-refractivity contribution in [3.8, 4) is 29.2 Å². The van der Waals surface area contributed by atoms with E-state index in [2.05, 4.69) is 5.92 Å². The summed E-state index contributed by atoms with van der Waals surface area (Å²) in [5.74, 6) is 3.00. The maximum atomic E-state index is 13.4. The molecule has 0 amide bonds. The molecule has 1 nitrogen and oxygen atoms in total. The molecule has 0 saturated carbocycles. The molecule has 0 spiro atoms. The number of aryl methyl sites for hydroxylation is 1. The Hall–Kier alpha value is -2.41. The van der Waals surface area contributed by atoms with E-state index in [1.165, 1.54) is 6.07 Å². The van der Waals surface area contributed by atoms with E-state index < -0.39 is 11.7 Å². The second kappa shape index (κ2) is 7.00. The molecule has 0 aromatic heterocycles. The van der Waals surface area contributed by atoms with Gasteiger partial charge in [0, 0.05) is 0 Å². The maximum absolute atomic E-state index is 13.4. The molecule has 0 fully saturated rings. The van der Waals surface area contributed by atoms with Gasteiger partial charge in [-0.3, -0.25) is 0 Å². The van der Waals surface area contributed by atoms with Crippen LogP contribution in [0.25, 0.3) is 11.1 Å². The van der Waals surface area contributed by atoms with Crippen LogP contribution in [-0.2, 0) is 6.18 Å². The van der Waals surface area contributed by atoms with Crippen molar-refractivity contribution in [1.29, 1.82) is 0 Å². The third-order valence-corrected chi connectivity index (χ3v) is 3.82. The first-order valence-electron chi connectivity index (χ1n) is 7.62. The minimum Gasteiger partial charge on any atom is -0.481 e. The van der Waals surface area contributed by atoms with Gasteiger partial charge in [-0.2, -0.15) is 13.2 Å². The molecule has 0 heterocycles. The molecule has 0 radical (unpaired) electrons. The minimum atomic E-state index is -4.44. The van der Waals surface area contributed by atoms with Crippen LogP contribution in [0, 0.1) is 19.3 Å². The highest BCUT2D eigenvalue weighted by Gasteiger charge is 2.34. The van der Waals surface area contributed by atoms with E-state index >= 15 is 0 Å². The highest BCUT2D eigenvalue weighted by atomic mass is 19.4.